The number of carbonyl (C=O) groups is 2. The third-order valence-corrected chi connectivity index (χ3v) is 5.73. The number of nitrogens with zero attached hydrogens (tertiary/aromatic N) is 2. The van der Waals surface area contributed by atoms with E-state index in [9.17, 15) is 9.59 Å². The number of carbonyl (C=O) groups excluding carboxylic acids is 2. The van der Waals surface area contributed by atoms with E-state index in [0.29, 0.717) is 18.2 Å². The number of aromatic nitrogens is 1. The third kappa shape index (κ3) is 5.81. The van der Waals surface area contributed by atoms with Gasteiger partial charge in [0.1, 0.15) is 0 Å². The number of piperidine rings is 1. The lowest BCUT2D eigenvalue weighted by molar-refractivity contribution is -0.136. The van der Waals surface area contributed by atoms with Crippen LogP contribution < -0.4 is 10.6 Å². The van der Waals surface area contributed by atoms with E-state index in [-0.39, 0.29) is 0 Å². The number of rotatable bonds is 6. The highest BCUT2D eigenvalue weighted by molar-refractivity contribution is 7.98. The van der Waals surface area contributed by atoms with Gasteiger partial charge in [0.15, 0.2) is 0 Å². The summed E-state index contributed by atoms with van der Waals surface area (Å²) in [5.41, 5.74) is 1.74. The van der Waals surface area contributed by atoms with Crippen LogP contribution in [0.1, 0.15) is 18.5 Å². The Bertz CT molecular complexity index is 792. The van der Waals surface area contributed by atoms with Crippen LogP contribution in [0, 0.1) is 5.92 Å². The summed E-state index contributed by atoms with van der Waals surface area (Å²) >= 11 is 1.53. The van der Waals surface area contributed by atoms with Gasteiger partial charge in [-0.3, -0.25) is 19.5 Å². The molecule has 0 radical (unpaired) electrons. The molecule has 0 saturated carbocycles. The molecule has 0 spiro atoms. The van der Waals surface area contributed by atoms with Gasteiger partial charge >= 0.3 is 11.8 Å². The predicted octanol–water partition coefficient (Wildman–Crippen LogP) is 2.77. The Morgan fingerprint density at radius 3 is 2.57 bits per heavy atom. The maximum atomic E-state index is 12.2. The SMILES string of the molecule is CSc1ccccc1NC(=O)C(=O)NCC1CCN(Cc2ccccn2)CC1. The number of benzene rings is 1. The molecule has 0 atom stereocenters. The number of thioether (sulfide) groups is 1. The fourth-order valence-corrected chi connectivity index (χ4v) is 3.87. The Hall–Kier alpha value is -2.38. The number of likely N-dealkylation sites (tertiary alicyclic amines) is 1. The van der Waals surface area contributed by atoms with Gasteiger partial charge in [0.2, 0.25) is 0 Å². The molecule has 1 aromatic carbocycles. The average Bonchev–Trinajstić information content (AvgIpc) is 2.74. The van der Waals surface area contributed by atoms with Crippen molar-refractivity contribution in [2.75, 3.05) is 31.2 Å². The second kappa shape index (κ2) is 10.2. The van der Waals surface area contributed by atoms with Crippen molar-refractivity contribution < 1.29 is 9.59 Å². The first-order valence-electron chi connectivity index (χ1n) is 9.50. The van der Waals surface area contributed by atoms with Crippen molar-refractivity contribution in [2.45, 2.75) is 24.3 Å². The normalized spacial score (nSPS) is 15.2. The molecule has 6 nitrogen and oxygen atoms in total. The summed E-state index contributed by atoms with van der Waals surface area (Å²) in [5.74, 6) is -0.795. The van der Waals surface area contributed by atoms with E-state index >= 15 is 0 Å². The molecule has 0 aliphatic carbocycles. The van der Waals surface area contributed by atoms with Crippen molar-refractivity contribution >= 4 is 29.3 Å². The van der Waals surface area contributed by atoms with Crippen molar-refractivity contribution in [3.8, 4) is 0 Å². The zero-order valence-corrected chi connectivity index (χ0v) is 16.9. The maximum absolute atomic E-state index is 12.2. The van der Waals surface area contributed by atoms with Gasteiger partial charge in [-0.1, -0.05) is 18.2 Å². The average molecular weight is 399 g/mol. The van der Waals surface area contributed by atoms with Crippen molar-refractivity contribution in [1.82, 2.24) is 15.2 Å². The van der Waals surface area contributed by atoms with Crippen LogP contribution in [0.25, 0.3) is 0 Å². The van der Waals surface area contributed by atoms with E-state index in [1.807, 2.05) is 48.9 Å². The maximum Gasteiger partial charge on any atom is 0.313 e. The van der Waals surface area contributed by atoms with Crippen LogP contribution in [0.4, 0.5) is 5.69 Å². The minimum absolute atomic E-state index is 0.398. The van der Waals surface area contributed by atoms with Crippen LogP contribution in [-0.2, 0) is 16.1 Å². The van der Waals surface area contributed by atoms with Crippen molar-refractivity contribution in [1.29, 1.82) is 0 Å². The van der Waals surface area contributed by atoms with E-state index < -0.39 is 11.8 Å². The highest BCUT2D eigenvalue weighted by atomic mass is 32.2. The zero-order chi connectivity index (χ0) is 19.8. The standard InChI is InChI=1S/C21H26N4O2S/c1-28-19-8-3-2-7-18(19)24-21(27)20(26)23-14-16-9-12-25(13-10-16)15-17-6-4-5-11-22-17/h2-8,11,16H,9-10,12-15H2,1H3,(H,23,26)(H,24,27). The Morgan fingerprint density at radius 1 is 1.11 bits per heavy atom. The highest BCUT2D eigenvalue weighted by Crippen LogP contribution is 2.24. The summed E-state index contributed by atoms with van der Waals surface area (Å²) in [7, 11) is 0. The summed E-state index contributed by atoms with van der Waals surface area (Å²) in [5, 5.41) is 5.48. The molecule has 1 fully saturated rings. The number of hydrogen-bond donors (Lipinski definition) is 2. The topological polar surface area (TPSA) is 74.3 Å². The van der Waals surface area contributed by atoms with E-state index in [1.165, 1.54) is 11.8 Å². The summed E-state index contributed by atoms with van der Waals surface area (Å²) < 4.78 is 0. The molecule has 28 heavy (non-hydrogen) atoms. The monoisotopic (exact) mass is 398 g/mol. The summed E-state index contributed by atoms with van der Waals surface area (Å²) in [4.78, 5) is 32.0. The van der Waals surface area contributed by atoms with E-state index in [4.69, 9.17) is 0 Å². The molecule has 3 rings (SSSR count). The fraction of sp³-hybridized carbons (Fsp3) is 0.381. The second-order valence-corrected chi connectivity index (χ2v) is 7.75. The molecule has 2 heterocycles. The number of amides is 2. The first kappa shape index (κ1) is 20.4. The number of pyridine rings is 1. The number of para-hydroxylation sites is 1. The van der Waals surface area contributed by atoms with Crippen LogP contribution in [0.5, 0.6) is 0 Å². The minimum atomic E-state index is -0.617. The molecule has 2 amide bonds. The molecule has 2 aromatic rings. The van der Waals surface area contributed by atoms with Gasteiger partial charge in [-0.2, -0.15) is 0 Å². The Labute approximate surface area is 170 Å². The molecule has 1 aliphatic heterocycles. The van der Waals surface area contributed by atoms with Gasteiger partial charge < -0.3 is 10.6 Å². The van der Waals surface area contributed by atoms with Crippen LogP contribution in [0.15, 0.2) is 53.6 Å². The largest absolute Gasteiger partial charge is 0.348 e. The van der Waals surface area contributed by atoms with Crippen LogP contribution in [0.3, 0.4) is 0 Å². The highest BCUT2D eigenvalue weighted by Gasteiger charge is 2.22. The Balaban J connectivity index is 1.40. The summed E-state index contributed by atoms with van der Waals surface area (Å²) in [6, 6.07) is 13.4. The van der Waals surface area contributed by atoms with E-state index in [2.05, 4.69) is 20.5 Å². The van der Waals surface area contributed by atoms with Crippen LogP contribution in [-0.4, -0.2) is 47.6 Å². The number of anilines is 1. The molecular weight excluding hydrogens is 372 g/mol. The van der Waals surface area contributed by atoms with Gasteiger partial charge in [0, 0.05) is 24.2 Å². The van der Waals surface area contributed by atoms with Crippen molar-refractivity contribution in [3.63, 3.8) is 0 Å². The second-order valence-electron chi connectivity index (χ2n) is 6.91. The van der Waals surface area contributed by atoms with Crippen LogP contribution >= 0.6 is 11.8 Å². The molecule has 0 unspecified atom stereocenters. The Kier molecular flexibility index (Phi) is 7.45. The third-order valence-electron chi connectivity index (χ3n) is 4.93. The summed E-state index contributed by atoms with van der Waals surface area (Å²) in [6.45, 7) is 3.35. The van der Waals surface area contributed by atoms with E-state index in [0.717, 1.165) is 43.1 Å². The molecule has 2 N–H and O–H groups in total. The lowest BCUT2D eigenvalue weighted by Gasteiger charge is -2.31. The predicted molar refractivity (Wildman–Crippen MR) is 112 cm³/mol. The van der Waals surface area contributed by atoms with Gasteiger partial charge in [0.25, 0.3) is 0 Å². The van der Waals surface area contributed by atoms with Gasteiger partial charge in [-0.25, -0.2) is 0 Å². The van der Waals surface area contributed by atoms with Crippen molar-refractivity contribution in [3.05, 3.63) is 54.4 Å². The first-order valence-corrected chi connectivity index (χ1v) is 10.7. The zero-order valence-electron chi connectivity index (χ0n) is 16.1. The molecule has 148 valence electrons. The van der Waals surface area contributed by atoms with Crippen molar-refractivity contribution in [2.24, 2.45) is 5.92 Å². The van der Waals surface area contributed by atoms with Gasteiger partial charge in [-0.05, 0) is 62.4 Å². The summed E-state index contributed by atoms with van der Waals surface area (Å²) in [6.07, 6.45) is 5.76. The molecular formula is C21H26N4O2S. The van der Waals surface area contributed by atoms with Crippen LogP contribution in [0.2, 0.25) is 0 Å². The number of hydrogen-bond acceptors (Lipinski definition) is 5. The van der Waals surface area contributed by atoms with E-state index in [1.54, 1.807) is 6.07 Å². The lowest BCUT2D eigenvalue weighted by Crippen LogP contribution is -2.41. The lowest BCUT2D eigenvalue weighted by atomic mass is 9.96. The quantitative estimate of drug-likeness (QED) is 0.578. The van der Waals surface area contributed by atoms with Gasteiger partial charge in [-0.15, -0.1) is 11.8 Å². The Morgan fingerprint density at radius 2 is 1.86 bits per heavy atom. The molecule has 7 heteroatoms. The molecule has 1 aliphatic rings. The molecule has 1 saturated heterocycles. The van der Waals surface area contributed by atoms with Gasteiger partial charge in [0.05, 0.1) is 11.4 Å². The number of nitrogens with one attached hydrogen (secondary N) is 2. The smallest absolute Gasteiger partial charge is 0.313 e. The fourth-order valence-electron chi connectivity index (χ4n) is 3.31. The first-order chi connectivity index (χ1) is 13.7. The minimum Gasteiger partial charge on any atom is -0.348 e. The molecule has 0 bridgehead atoms. The molecule has 1 aromatic heterocycles.